The Morgan fingerprint density at radius 3 is 2.36 bits per heavy atom. The molecular weight excluding hydrogens is 339 g/mol. The van der Waals surface area contributed by atoms with Gasteiger partial charge in [-0.25, -0.2) is 8.78 Å². The first-order valence-electron chi connectivity index (χ1n) is 8.02. The largest absolute Gasteiger partial charge is 0.416 e. The Morgan fingerprint density at radius 1 is 0.960 bits per heavy atom. The van der Waals surface area contributed by atoms with Crippen LogP contribution in [0.1, 0.15) is 11.1 Å². The first-order valence-corrected chi connectivity index (χ1v) is 8.02. The van der Waals surface area contributed by atoms with Crippen molar-refractivity contribution in [1.82, 2.24) is 0 Å². The highest BCUT2D eigenvalue weighted by molar-refractivity contribution is 5.49. The zero-order chi connectivity index (χ0) is 18.0. The first-order chi connectivity index (χ1) is 11.8. The molecule has 0 saturated carbocycles. The molecule has 2 aromatic rings. The number of rotatable bonds is 3. The van der Waals surface area contributed by atoms with Gasteiger partial charge >= 0.3 is 6.18 Å². The average Bonchev–Trinajstić information content (AvgIpc) is 2.58. The van der Waals surface area contributed by atoms with Crippen LogP contribution < -0.4 is 9.80 Å². The minimum Gasteiger partial charge on any atom is -0.360 e. The molecule has 1 fully saturated rings. The van der Waals surface area contributed by atoms with Crippen LogP contribution in [0.3, 0.4) is 0 Å². The first kappa shape index (κ1) is 17.7. The van der Waals surface area contributed by atoms with Crippen LogP contribution in [0.15, 0.2) is 42.5 Å². The van der Waals surface area contributed by atoms with Gasteiger partial charge in [0.2, 0.25) is 0 Å². The standard InChI is InChI=1S/C18H17F5N2/c19-15-4-5-17(20)13(10-15)12-24-6-8-25(9-7-24)16-3-1-2-14(11-16)18(21,22)23/h1-5,10-11H,6-9,12H2/p+1. The van der Waals surface area contributed by atoms with Gasteiger partial charge in [-0.2, -0.15) is 13.2 Å². The fourth-order valence-electron chi connectivity index (χ4n) is 3.08. The maximum absolute atomic E-state index is 13.7. The quantitative estimate of drug-likeness (QED) is 0.830. The van der Waals surface area contributed by atoms with Crippen molar-refractivity contribution in [1.29, 1.82) is 0 Å². The van der Waals surface area contributed by atoms with E-state index in [2.05, 4.69) is 0 Å². The lowest BCUT2D eigenvalue weighted by atomic mass is 10.1. The van der Waals surface area contributed by atoms with E-state index in [0.29, 0.717) is 44.0 Å². The van der Waals surface area contributed by atoms with Crippen molar-refractivity contribution in [2.24, 2.45) is 0 Å². The third-order valence-corrected chi connectivity index (χ3v) is 4.46. The molecule has 1 N–H and O–H groups in total. The van der Waals surface area contributed by atoms with Crippen LogP contribution in [0, 0.1) is 11.6 Å². The zero-order valence-electron chi connectivity index (χ0n) is 13.4. The molecule has 0 atom stereocenters. The Hall–Kier alpha value is -2.15. The van der Waals surface area contributed by atoms with Crippen LogP contribution in [-0.4, -0.2) is 26.2 Å². The van der Waals surface area contributed by atoms with Gasteiger partial charge in [-0.15, -0.1) is 0 Å². The molecule has 0 amide bonds. The van der Waals surface area contributed by atoms with Crippen molar-refractivity contribution in [3.8, 4) is 0 Å². The van der Waals surface area contributed by atoms with Crippen molar-refractivity contribution in [3.05, 3.63) is 65.2 Å². The molecule has 0 bridgehead atoms. The number of nitrogens with zero attached hydrogens (tertiary/aromatic N) is 1. The van der Waals surface area contributed by atoms with Crippen molar-refractivity contribution in [3.63, 3.8) is 0 Å². The monoisotopic (exact) mass is 357 g/mol. The third kappa shape index (κ3) is 4.28. The van der Waals surface area contributed by atoms with E-state index in [-0.39, 0.29) is 0 Å². The lowest BCUT2D eigenvalue weighted by Gasteiger charge is -2.34. The molecule has 2 aromatic carbocycles. The summed E-state index contributed by atoms with van der Waals surface area (Å²) in [6.45, 7) is 2.78. The molecule has 134 valence electrons. The van der Waals surface area contributed by atoms with Crippen LogP contribution >= 0.6 is 0 Å². The van der Waals surface area contributed by atoms with E-state index in [1.54, 1.807) is 6.07 Å². The van der Waals surface area contributed by atoms with E-state index in [4.69, 9.17) is 0 Å². The highest BCUT2D eigenvalue weighted by atomic mass is 19.4. The fourth-order valence-corrected chi connectivity index (χ4v) is 3.08. The second-order valence-corrected chi connectivity index (χ2v) is 6.20. The fraction of sp³-hybridized carbons (Fsp3) is 0.333. The summed E-state index contributed by atoms with van der Waals surface area (Å²) in [5.41, 5.74) is 0.190. The Bertz CT molecular complexity index is 736. The average molecular weight is 357 g/mol. The van der Waals surface area contributed by atoms with Gasteiger partial charge in [-0.05, 0) is 36.4 Å². The summed E-state index contributed by atoms with van der Waals surface area (Å²) in [6.07, 6.45) is -4.36. The van der Waals surface area contributed by atoms with E-state index in [1.807, 2.05) is 4.90 Å². The molecule has 25 heavy (non-hydrogen) atoms. The number of quaternary nitrogens is 1. The second-order valence-electron chi connectivity index (χ2n) is 6.20. The van der Waals surface area contributed by atoms with E-state index in [1.165, 1.54) is 12.1 Å². The SMILES string of the molecule is Fc1ccc(F)c(C[NH+]2CCN(c3cccc(C(F)(F)F)c3)CC2)c1. The van der Waals surface area contributed by atoms with E-state index < -0.39 is 23.4 Å². The van der Waals surface area contributed by atoms with Crippen molar-refractivity contribution in [2.75, 3.05) is 31.1 Å². The molecule has 1 aliphatic rings. The van der Waals surface area contributed by atoms with Crippen LogP contribution in [0.5, 0.6) is 0 Å². The van der Waals surface area contributed by atoms with Crippen molar-refractivity contribution >= 4 is 5.69 Å². The van der Waals surface area contributed by atoms with Gasteiger partial charge in [0.1, 0.15) is 18.2 Å². The van der Waals surface area contributed by atoms with Crippen LogP contribution in [0.2, 0.25) is 0 Å². The number of anilines is 1. The van der Waals surface area contributed by atoms with E-state index in [0.717, 1.165) is 29.2 Å². The molecule has 0 radical (unpaired) electrons. The molecule has 0 aliphatic carbocycles. The molecule has 1 heterocycles. The highest BCUT2D eigenvalue weighted by Gasteiger charge is 2.31. The Labute approximate surface area is 142 Å². The zero-order valence-corrected chi connectivity index (χ0v) is 13.4. The number of hydrogen-bond donors (Lipinski definition) is 1. The number of alkyl halides is 3. The number of nitrogens with one attached hydrogen (secondary N) is 1. The smallest absolute Gasteiger partial charge is 0.360 e. The number of hydrogen-bond acceptors (Lipinski definition) is 1. The summed E-state index contributed by atoms with van der Waals surface area (Å²) in [4.78, 5) is 2.97. The summed E-state index contributed by atoms with van der Waals surface area (Å²) >= 11 is 0. The molecule has 1 aliphatic heterocycles. The van der Waals surface area contributed by atoms with E-state index in [9.17, 15) is 22.0 Å². The van der Waals surface area contributed by atoms with Crippen LogP contribution in [0.25, 0.3) is 0 Å². The van der Waals surface area contributed by atoms with Gasteiger partial charge in [0, 0.05) is 11.3 Å². The molecule has 2 nitrogen and oxygen atoms in total. The van der Waals surface area contributed by atoms with Gasteiger partial charge in [0.05, 0.1) is 31.7 Å². The van der Waals surface area contributed by atoms with Crippen LogP contribution in [-0.2, 0) is 12.7 Å². The Balaban J connectivity index is 1.63. The molecule has 3 rings (SSSR count). The topological polar surface area (TPSA) is 7.68 Å². The lowest BCUT2D eigenvalue weighted by Crippen LogP contribution is -3.13. The van der Waals surface area contributed by atoms with E-state index >= 15 is 0 Å². The van der Waals surface area contributed by atoms with Gasteiger partial charge in [-0.3, -0.25) is 0 Å². The predicted molar refractivity (Wildman–Crippen MR) is 84.4 cm³/mol. The minimum atomic E-state index is -4.36. The van der Waals surface area contributed by atoms with Gasteiger partial charge in [-0.1, -0.05) is 6.07 Å². The normalized spacial score (nSPS) is 16.3. The van der Waals surface area contributed by atoms with Gasteiger partial charge in [0.15, 0.2) is 0 Å². The van der Waals surface area contributed by atoms with Gasteiger partial charge in [0.25, 0.3) is 0 Å². The molecule has 0 spiro atoms. The minimum absolute atomic E-state index is 0.322. The maximum Gasteiger partial charge on any atom is 0.416 e. The lowest BCUT2D eigenvalue weighted by molar-refractivity contribution is -0.914. The number of benzene rings is 2. The summed E-state index contributed by atoms with van der Waals surface area (Å²) in [5.74, 6) is -0.910. The summed E-state index contributed by atoms with van der Waals surface area (Å²) in [6, 6.07) is 8.66. The highest BCUT2D eigenvalue weighted by Crippen LogP contribution is 2.31. The Morgan fingerprint density at radius 2 is 1.68 bits per heavy atom. The predicted octanol–water partition coefficient (Wildman–Crippen LogP) is 2.89. The number of halogens is 5. The molecular formula is C18H18F5N2+. The summed E-state index contributed by atoms with van der Waals surface area (Å²) < 4.78 is 65.4. The summed E-state index contributed by atoms with van der Waals surface area (Å²) in [7, 11) is 0. The van der Waals surface area contributed by atoms with Crippen molar-refractivity contribution < 1.29 is 26.9 Å². The second kappa shape index (κ2) is 7.00. The summed E-state index contributed by atoms with van der Waals surface area (Å²) in [5, 5.41) is 0. The number of piperazine rings is 1. The molecule has 0 unspecified atom stereocenters. The van der Waals surface area contributed by atoms with Gasteiger partial charge < -0.3 is 9.80 Å². The van der Waals surface area contributed by atoms with Crippen LogP contribution in [0.4, 0.5) is 27.6 Å². The Kier molecular flexibility index (Phi) is 4.94. The third-order valence-electron chi connectivity index (χ3n) is 4.46. The molecule has 1 saturated heterocycles. The molecule has 7 heteroatoms. The van der Waals surface area contributed by atoms with Crippen molar-refractivity contribution in [2.45, 2.75) is 12.7 Å². The maximum atomic E-state index is 13.7. The molecule has 0 aromatic heterocycles.